The number of nitrogens with zero attached hydrogens (tertiary/aromatic N) is 1. The van der Waals surface area contributed by atoms with Crippen molar-refractivity contribution in [3.63, 3.8) is 0 Å². The molecule has 0 aliphatic carbocycles. The average Bonchev–Trinajstić information content (AvgIpc) is 2.39. The van der Waals surface area contributed by atoms with Crippen LogP contribution in [0.2, 0.25) is 10.3 Å². The fraction of sp³-hybridized carbons (Fsp3) is 0. The average molecular weight is 321 g/mol. The van der Waals surface area contributed by atoms with Gasteiger partial charge in [-0.2, -0.15) is 0 Å². The van der Waals surface area contributed by atoms with Gasteiger partial charge in [0.2, 0.25) is 0 Å². The number of aromatic nitrogens is 1. The summed E-state index contributed by atoms with van der Waals surface area (Å²) in [6.07, 6.45) is 0. The minimum absolute atomic E-state index is 0.0746. The molecule has 1 aromatic carbocycles. The number of rotatable bonds is 2. The third kappa shape index (κ3) is 2.86. The zero-order chi connectivity index (χ0) is 14.9. The molecule has 0 aliphatic heterocycles. The van der Waals surface area contributed by atoms with Gasteiger partial charge in [0, 0.05) is 0 Å². The SMILES string of the molecule is O=C(Nc1ccc(F)c(F)c1F)c1ccc(Cl)nc1Cl. The summed E-state index contributed by atoms with van der Waals surface area (Å²) in [6.45, 7) is 0. The fourth-order valence-electron chi connectivity index (χ4n) is 1.39. The molecule has 104 valence electrons. The van der Waals surface area contributed by atoms with Crippen molar-refractivity contribution < 1.29 is 18.0 Å². The number of amides is 1. The summed E-state index contributed by atoms with van der Waals surface area (Å²) in [5.41, 5.74) is -0.597. The molecule has 1 heterocycles. The van der Waals surface area contributed by atoms with E-state index in [0.29, 0.717) is 6.07 Å². The molecule has 1 N–H and O–H groups in total. The van der Waals surface area contributed by atoms with Crippen molar-refractivity contribution in [2.45, 2.75) is 0 Å². The Morgan fingerprint density at radius 2 is 1.75 bits per heavy atom. The molecule has 0 atom stereocenters. The van der Waals surface area contributed by atoms with E-state index >= 15 is 0 Å². The van der Waals surface area contributed by atoms with Crippen molar-refractivity contribution in [3.8, 4) is 0 Å². The molecule has 1 amide bonds. The Hall–Kier alpha value is -1.79. The van der Waals surface area contributed by atoms with Crippen LogP contribution in [0.25, 0.3) is 0 Å². The molecular weight excluding hydrogens is 316 g/mol. The third-order valence-electron chi connectivity index (χ3n) is 2.34. The van der Waals surface area contributed by atoms with Crippen molar-refractivity contribution in [2.75, 3.05) is 5.32 Å². The number of benzene rings is 1. The lowest BCUT2D eigenvalue weighted by Gasteiger charge is -2.08. The fourth-order valence-corrected chi connectivity index (χ4v) is 1.82. The minimum atomic E-state index is -1.68. The molecule has 0 radical (unpaired) electrons. The van der Waals surface area contributed by atoms with Crippen LogP contribution in [0.1, 0.15) is 10.4 Å². The van der Waals surface area contributed by atoms with E-state index in [1.807, 2.05) is 0 Å². The van der Waals surface area contributed by atoms with Gasteiger partial charge in [-0.25, -0.2) is 18.2 Å². The van der Waals surface area contributed by atoms with Crippen LogP contribution in [-0.2, 0) is 0 Å². The number of nitrogens with one attached hydrogen (secondary N) is 1. The van der Waals surface area contributed by atoms with Crippen LogP contribution in [0.5, 0.6) is 0 Å². The number of carbonyl (C=O) groups is 1. The van der Waals surface area contributed by atoms with Crippen molar-refractivity contribution in [1.82, 2.24) is 4.98 Å². The smallest absolute Gasteiger partial charge is 0.258 e. The molecule has 20 heavy (non-hydrogen) atoms. The lowest BCUT2D eigenvalue weighted by molar-refractivity contribution is 0.102. The van der Waals surface area contributed by atoms with Gasteiger partial charge < -0.3 is 5.32 Å². The molecule has 0 bridgehead atoms. The predicted molar refractivity (Wildman–Crippen MR) is 68.5 cm³/mol. The molecule has 0 fully saturated rings. The maximum absolute atomic E-state index is 13.4. The van der Waals surface area contributed by atoms with E-state index in [1.165, 1.54) is 12.1 Å². The molecule has 0 aliphatic rings. The predicted octanol–water partition coefficient (Wildman–Crippen LogP) is 4.06. The summed E-state index contributed by atoms with van der Waals surface area (Å²) in [5, 5.41) is 1.94. The largest absolute Gasteiger partial charge is 0.319 e. The number of hydrogen-bond donors (Lipinski definition) is 1. The highest BCUT2D eigenvalue weighted by molar-refractivity contribution is 6.35. The van der Waals surface area contributed by atoms with E-state index in [1.54, 1.807) is 0 Å². The molecule has 1 aromatic heterocycles. The number of carbonyl (C=O) groups excluding carboxylic acids is 1. The van der Waals surface area contributed by atoms with Gasteiger partial charge in [0.05, 0.1) is 11.3 Å². The molecule has 2 rings (SSSR count). The molecule has 0 unspecified atom stereocenters. The minimum Gasteiger partial charge on any atom is -0.319 e. The molecule has 8 heteroatoms. The normalized spacial score (nSPS) is 10.4. The Morgan fingerprint density at radius 3 is 2.40 bits per heavy atom. The van der Waals surface area contributed by atoms with Crippen molar-refractivity contribution in [3.05, 3.63) is 57.6 Å². The van der Waals surface area contributed by atoms with Gasteiger partial charge in [-0.1, -0.05) is 23.2 Å². The number of halogens is 5. The van der Waals surface area contributed by atoms with Crippen LogP contribution in [0.4, 0.5) is 18.9 Å². The Labute approximate surface area is 121 Å². The van der Waals surface area contributed by atoms with Gasteiger partial charge in [0.15, 0.2) is 17.5 Å². The van der Waals surface area contributed by atoms with Crippen LogP contribution < -0.4 is 5.32 Å². The van der Waals surface area contributed by atoms with Gasteiger partial charge in [-0.15, -0.1) is 0 Å². The maximum atomic E-state index is 13.4. The second-order valence-electron chi connectivity index (χ2n) is 3.65. The zero-order valence-corrected chi connectivity index (χ0v) is 11.1. The highest BCUT2D eigenvalue weighted by Gasteiger charge is 2.17. The molecule has 0 spiro atoms. The molecular formula is C12H5Cl2F3N2O. The van der Waals surface area contributed by atoms with E-state index in [-0.39, 0.29) is 15.9 Å². The van der Waals surface area contributed by atoms with Crippen LogP contribution >= 0.6 is 23.2 Å². The van der Waals surface area contributed by atoms with Crippen LogP contribution in [0, 0.1) is 17.5 Å². The third-order valence-corrected chi connectivity index (χ3v) is 2.84. The second kappa shape index (κ2) is 5.68. The summed E-state index contributed by atoms with van der Waals surface area (Å²) >= 11 is 11.3. The molecule has 2 aromatic rings. The van der Waals surface area contributed by atoms with Gasteiger partial charge in [-0.3, -0.25) is 4.79 Å². The topological polar surface area (TPSA) is 42.0 Å². The molecule has 3 nitrogen and oxygen atoms in total. The first kappa shape index (κ1) is 14.6. The van der Waals surface area contributed by atoms with E-state index < -0.39 is 29.0 Å². The number of hydrogen-bond acceptors (Lipinski definition) is 2. The van der Waals surface area contributed by atoms with Gasteiger partial charge in [0.1, 0.15) is 10.3 Å². The van der Waals surface area contributed by atoms with E-state index in [0.717, 1.165) is 6.07 Å². The zero-order valence-electron chi connectivity index (χ0n) is 9.55. The van der Waals surface area contributed by atoms with Crippen molar-refractivity contribution >= 4 is 34.8 Å². The van der Waals surface area contributed by atoms with E-state index in [9.17, 15) is 18.0 Å². The van der Waals surface area contributed by atoms with E-state index in [4.69, 9.17) is 23.2 Å². The quantitative estimate of drug-likeness (QED) is 0.669. The Kier molecular flexibility index (Phi) is 4.15. The summed E-state index contributed by atoms with van der Waals surface area (Å²) < 4.78 is 39.2. The highest BCUT2D eigenvalue weighted by Crippen LogP contribution is 2.22. The van der Waals surface area contributed by atoms with Gasteiger partial charge >= 0.3 is 0 Å². The van der Waals surface area contributed by atoms with Crippen LogP contribution in [-0.4, -0.2) is 10.9 Å². The van der Waals surface area contributed by atoms with Gasteiger partial charge in [-0.05, 0) is 24.3 Å². The summed E-state index contributed by atoms with van der Waals surface area (Å²) in [5.74, 6) is -5.37. The Morgan fingerprint density at radius 1 is 1.05 bits per heavy atom. The summed E-state index contributed by atoms with van der Waals surface area (Å²) in [4.78, 5) is 15.5. The molecule has 0 saturated heterocycles. The lowest BCUT2D eigenvalue weighted by atomic mass is 10.2. The number of pyridine rings is 1. The second-order valence-corrected chi connectivity index (χ2v) is 4.39. The first-order valence-electron chi connectivity index (χ1n) is 5.17. The summed E-state index contributed by atoms with van der Waals surface area (Å²) in [7, 11) is 0. The first-order chi connectivity index (χ1) is 9.40. The van der Waals surface area contributed by atoms with Crippen molar-refractivity contribution in [1.29, 1.82) is 0 Å². The number of anilines is 1. The first-order valence-corrected chi connectivity index (χ1v) is 5.92. The van der Waals surface area contributed by atoms with Crippen LogP contribution in [0.3, 0.4) is 0 Å². The Balaban J connectivity index is 2.30. The lowest BCUT2D eigenvalue weighted by Crippen LogP contribution is -2.14. The molecule has 0 saturated carbocycles. The monoisotopic (exact) mass is 320 g/mol. The summed E-state index contributed by atoms with van der Waals surface area (Å²) in [6, 6.07) is 4.16. The van der Waals surface area contributed by atoms with E-state index in [2.05, 4.69) is 10.3 Å². The van der Waals surface area contributed by atoms with Crippen LogP contribution in [0.15, 0.2) is 24.3 Å². The van der Waals surface area contributed by atoms with Crippen molar-refractivity contribution in [2.24, 2.45) is 0 Å². The standard InChI is InChI=1S/C12H5Cl2F3N2O/c13-8-4-1-5(11(14)19-8)12(20)18-7-3-2-6(15)9(16)10(7)17/h1-4H,(H,18,20). The Bertz CT molecular complexity index is 695. The van der Waals surface area contributed by atoms with Gasteiger partial charge in [0.25, 0.3) is 5.91 Å². The maximum Gasteiger partial charge on any atom is 0.258 e. The highest BCUT2D eigenvalue weighted by atomic mass is 35.5.